The molecule has 24 heavy (non-hydrogen) atoms. The molecule has 1 amide bonds. The van der Waals surface area contributed by atoms with Crippen LogP contribution in [0.2, 0.25) is 0 Å². The van der Waals surface area contributed by atoms with E-state index in [9.17, 15) is 4.79 Å². The molecule has 0 bridgehead atoms. The Hall–Kier alpha value is -2.67. The van der Waals surface area contributed by atoms with Crippen molar-refractivity contribution < 1.29 is 14.1 Å². The van der Waals surface area contributed by atoms with Gasteiger partial charge in [-0.2, -0.15) is 16.3 Å². The van der Waals surface area contributed by atoms with Gasteiger partial charge in [-0.15, -0.1) is 0 Å². The fourth-order valence-electron chi connectivity index (χ4n) is 2.66. The molecule has 1 aromatic carbocycles. The second-order valence-corrected chi connectivity index (χ2v) is 6.27. The van der Waals surface area contributed by atoms with E-state index in [0.717, 1.165) is 11.3 Å². The first-order valence-corrected chi connectivity index (χ1v) is 8.59. The summed E-state index contributed by atoms with van der Waals surface area (Å²) in [5.41, 5.74) is 1.72. The molecule has 0 saturated carbocycles. The normalized spacial score (nSPS) is 16.8. The highest BCUT2D eigenvalue weighted by Crippen LogP contribution is 2.33. The first kappa shape index (κ1) is 14.9. The predicted octanol–water partition coefficient (Wildman–Crippen LogP) is 3.15. The number of aromatic nitrogens is 2. The quantitative estimate of drug-likeness (QED) is 0.729. The summed E-state index contributed by atoms with van der Waals surface area (Å²) in [6, 6.07) is 9.48. The lowest BCUT2D eigenvalue weighted by atomic mass is 10.2. The smallest absolute Gasteiger partial charge is 0.267 e. The zero-order chi connectivity index (χ0) is 16.5. The number of benzene rings is 1. The number of hydrogen-bond donors (Lipinski definition) is 0. The van der Waals surface area contributed by atoms with Gasteiger partial charge in [0.1, 0.15) is 5.75 Å². The standard InChI is InChI=1S/C17H15N3O3S/c1-11-17(21)20(13-4-2-3-5-14(13)22-11)8-6-15-18-16(19-23-15)12-7-9-24-10-12/h2-5,7,9-11H,6,8H2,1H3/t11-/m1/s1. The largest absolute Gasteiger partial charge is 0.479 e. The van der Waals surface area contributed by atoms with Crippen LogP contribution in [0.1, 0.15) is 12.8 Å². The summed E-state index contributed by atoms with van der Waals surface area (Å²) in [5, 5.41) is 7.93. The summed E-state index contributed by atoms with van der Waals surface area (Å²) in [4.78, 5) is 18.6. The van der Waals surface area contributed by atoms with Crippen molar-refractivity contribution in [1.29, 1.82) is 0 Å². The Morgan fingerprint density at radius 2 is 2.17 bits per heavy atom. The number of fused-ring (bicyclic) bond motifs is 1. The van der Waals surface area contributed by atoms with Gasteiger partial charge in [0.25, 0.3) is 5.91 Å². The molecule has 0 radical (unpaired) electrons. The number of para-hydroxylation sites is 2. The minimum Gasteiger partial charge on any atom is -0.479 e. The number of amides is 1. The van der Waals surface area contributed by atoms with Crippen molar-refractivity contribution >= 4 is 22.9 Å². The summed E-state index contributed by atoms with van der Waals surface area (Å²) in [6.07, 6.45) is -0.00633. The monoisotopic (exact) mass is 341 g/mol. The topological polar surface area (TPSA) is 68.5 Å². The Balaban J connectivity index is 1.52. The Morgan fingerprint density at radius 3 is 3.00 bits per heavy atom. The van der Waals surface area contributed by atoms with Crippen LogP contribution in [-0.4, -0.2) is 28.7 Å². The number of thiophene rings is 1. The van der Waals surface area contributed by atoms with Crippen molar-refractivity contribution in [3.63, 3.8) is 0 Å². The molecule has 6 nitrogen and oxygen atoms in total. The molecule has 2 aromatic heterocycles. The van der Waals surface area contributed by atoms with Crippen LogP contribution in [0.25, 0.3) is 11.4 Å². The first-order valence-electron chi connectivity index (χ1n) is 7.64. The molecule has 7 heteroatoms. The maximum atomic E-state index is 12.4. The molecule has 0 unspecified atom stereocenters. The van der Waals surface area contributed by atoms with Gasteiger partial charge in [0.05, 0.1) is 5.69 Å². The Labute approximate surface area is 142 Å². The minimum atomic E-state index is -0.496. The van der Waals surface area contributed by atoms with Crippen LogP contribution in [0.15, 0.2) is 45.6 Å². The molecule has 0 saturated heterocycles. The van der Waals surface area contributed by atoms with Crippen LogP contribution >= 0.6 is 11.3 Å². The van der Waals surface area contributed by atoms with Gasteiger partial charge in [0, 0.05) is 23.9 Å². The maximum Gasteiger partial charge on any atom is 0.267 e. The second kappa shape index (κ2) is 6.09. The second-order valence-electron chi connectivity index (χ2n) is 5.49. The van der Waals surface area contributed by atoms with Gasteiger partial charge in [0.2, 0.25) is 11.7 Å². The van der Waals surface area contributed by atoms with Crippen LogP contribution in [-0.2, 0) is 11.2 Å². The van der Waals surface area contributed by atoms with Crippen molar-refractivity contribution in [3.05, 3.63) is 47.0 Å². The third-order valence-electron chi connectivity index (χ3n) is 3.87. The lowest BCUT2D eigenvalue weighted by molar-refractivity contribution is -0.125. The van der Waals surface area contributed by atoms with Crippen LogP contribution in [0.4, 0.5) is 5.69 Å². The van der Waals surface area contributed by atoms with E-state index in [-0.39, 0.29) is 5.91 Å². The van der Waals surface area contributed by atoms with E-state index in [1.807, 2.05) is 41.1 Å². The zero-order valence-corrected chi connectivity index (χ0v) is 13.8. The molecule has 1 atom stereocenters. The first-order chi connectivity index (χ1) is 11.7. The summed E-state index contributed by atoms with van der Waals surface area (Å²) in [7, 11) is 0. The highest BCUT2D eigenvalue weighted by Gasteiger charge is 2.31. The highest BCUT2D eigenvalue weighted by molar-refractivity contribution is 7.08. The average Bonchev–Trinajstić information content (AvgIpc) is 3.26. The predicted molar refractivity (Wildman–Crippen MR) is 90.2 cm³/mol. The van der Waals surface area contributed by atoms with Gasteiger partial charge in [-0.25, -0.2) is 0 Å². The molecule has 1 aliphatic rings. The van der Waals surface area contributed by atoms with E-state index < -0.39 is 6.10 Å². The maximum absolute atomic E-state index is 12.4. The van der Waals surface area contributed by atoms with Gasteiger partial charge in [-0.1, -0.05) is 17.3 Å². The molecule has 1 aliphatic heterocycles. The lowest BCUT2D eigenvalue weighted by Crippen LogP contribution is -2.45. The van der Waals surface area contributed by atoms with E-state index in [2.05, 4.69) is 10.1 Å². The molecular weight excluding hydrogens is 326 g/mol. The number of hydrogen-bond acceptors (Lipinski definition) is 6. The van der Waals surface area contributed by atoms with Crippen molar-refractivity contribution in [2.75, 3.05) is 11.4 Å². The number of ether oxygens (including phenoxy) is 1. The van der Waals surface area contributed by atoms with Gasteiger partial charge < -0.3 is 14.2 Å². The summed E-state index contributed by atoms with van der Waals surface area (Å²) in [6.45, 7) is 2.22. The van der Waals surface area contributed by atoms with Crippen LogP contribution < -0.4 is 9.64 Å². The summed E-state index contributed by atoms with van der Waals surface area (Å²) < 4.78 is 10.9. The zero-order valence-electron chi connectivity index (χ0n) is 13.0. The molecule has 0 N–H and O–H groups in total. The fraction of sp³-hybridized carbons (Fsp3) is 0.235. The molecule has 4 rings (SSSR count). The number of carbonyl (C=O) groups is 1. The molecule has 0 spiro atoms. The van der Waals surface area contributed by atoms with Crippen molar-refractivity contribution in [1.82, 2.24) is 10.1 Å². The average molecular weight is 341 g/mol. The number of carbonyl (C=O) groups excluding carboxylic acids is 1. The van der Waals surface area contributed by atoms with Gasteiger partial charge in [0.15, 0.2) is 6.10 Å². The highest BCUT2D eigenvalue weighted by atomic mass is 32.1. The number of nitrogens with zero attached hydrogens (tertiary/aromatic N) is 3. The van der Waals surface area contributed by atoms with E-state index in [0.29, 0.717) is 30.4 Å². The van der Waals surface area contributed by atoms with Crippen LogP contribution in [0.3, 0.4) is 0 Å². The molecular formula is C17H15N3O3S. The van der Waals surface area contributed by atoms with E-state index >= 15 is 0 Å². The molecule has 3 aromatic rings. The SMILES string of the molecule is C[C@H]1Oc2ccccc2N(CCc2nc(-c3ccsc3)no2)C1=O. The third kappa shape index (κ3) is 2.67. The van der Waals surface area contributed by atoms with E-state index in [1.165, 1.54) is 0 Å². The number of rotatable bonds is 4. The molecule has 122 valence electrons. The molecule has 0 fully saturated rings. The summed E-state index contributed by atoms with van der Waals surface area (Å²) in [5.74, 6) is 1.74. The van der Waals surface area contributed by atoms with Crippen molar-refractivity contribution in [2.24, 2.45) is 0 Å². The van der Waals surface area contributed by atoms with Gasteiger partial charge in [-0.3, -0.25) is 4.79 Å². The molecule has 3 heterocycles. The van der Waals surface area contributed by atoms with Crippen molar-refractivity contribution in [3.8, 4) is 17.1 Å². The molecule has 0 aliphatic carbocycles. The lowest BCUT2D eigenvalue weighted by Gasteiger charge is -2.32. The van der Waals surface area contributed by atoms with Gasteiger partial charge >= 0.3 is 0 Å². The van der Waals surface area contributed by atoms with Gasteiger partial charge in [-0.05, 0) is 30.5 Å². The van der Waals surface area contributed by atoms with Crippen LogP contribution in [0.5, 0.6) is 5.75 Å². The summed E-state index contributed by atoms with van der Waals surface area (Å²) >= 11 is 1.58. The Bertz CT molecular complexity index is 860. The third-order valence-corrected chi connectivity index (χ3v) is 4.55. The Morgan fingerprint density at radius 1 is 1.29 bits per heavy atom. The Kier molecular flexibility index (Phi) is 3.78. The van der Waals surface area contributed by atoms with E-state index in [1.54, 1.807) is 23.2 Å². The van der Waals surface area contributed by atoms with Crippen molar-refractivity contribution in [2.45, 2.75) is 19.4 Å². The van der Waals surface area contributed by atoms with Crippen LogP contribution in [0, 0.1) is 0 Å². The minimum absolute atomic E-state index is 0.0636. The fourth-order valence-corrected chi connectivity index (χ4v) is 3.30. The number of anilines is 1. The van der Waals surface area contributed by atoms with E-state index in [4.69, 9.17) is 9.26 Å².